The van der Waals surface area contributed by atoms with Crippen LogP contribution >= 0.6 is 11.6 Å². The quantitative estimate of drug-likeness (QED) is 0.566. The van der Waals surface area contributed by atoms with E-state index in [1.807, 2.05) is 18.2 Å². The van der Waals surface area contributed by atoms with Gasteiger partial charge in [0.1, 0.15) is 16.9 Å². The van der Waals surface area contributed by atoms with Crippen LogP contribution in [-0.4, -0.2) is 14.8 Å². The lowest BCUT2D eigenvalue weighted by atomic mass is 10.0. The Morgan fingerprint density at radius 1 is 1.07 bits per heavy atom. The second-order valence-corrected chi connectivity index (χ2v) is 6.71. The summed E-state index contributed by atoms with van der Waals surface area (Å²) in [6.07, 6.45) is 0.317. The molecule has 7 heteroatoms. The zero-order chi connectivity index (χ0) is 19.1. The maximum atomic E-state index is 13.2. The highest BCUT2D eigenvalue weighted by molar-refractivity contribution is 6.31. The molecule has 136 valence electrons. The summed E-state index contributed by atoms with van der Waals surface area (Å²) in [5, 5.41) is 3.48. The van der Waals surface area contributed by atoms with Crippen molar-refractivity contribution in [1.82, 2.24) is 14.8 Å². The standard InChI is InChI=1S/C20H15ClFN3O2/c1-11-15(10-12-4-2-3-5-16(12)21)18(26)17-19(23-11)24-25(20(17)27)14-8-6-13(22)7-9-14/h2-9H,10H2,1H3,(H2,23,24,26). The van der Waals surface area contributed by atoms with Crippen molar-refractivity contribution in [2.45, 2.75) is 13.3 Å². The summed E-state index contributed by atoms with van der Waals surface area (Å²) < 4.78 is 14.4. The summed E-state index contributed by atoms with van der Waals surface area (Å²) in [6, 6.07) is 12.7. The zero-order valence-corrected chi connectivity index (χ0v) is 15.1. The van der Waals surface area contributed by atoms with Gasteiger partial charge < -0.3 is 4.98 Å². The number of nitrogens with one attached hydrogen (secondary N) is 2. The van der Waals surface area contributed by atoms with Gasteiger partial charge in [-0.1, -0.05) is 29.8 Å². The predicted octanol–water partition coefficient (Wildman–Crippen LogP) is 3.70. The van der Waals surface area contributed by atoms with Gasteiger partial charge in [0, 0.05) is 22.7 Å². The molecule has 2 aromatic heterocycles. The fourth-order valence-electron chi connectivity index (χ4n) is 3.14. The van der Waals surface area contributed by atoms with Crippen molar-refractivity contribution >= 4 is 22.6 Å². The summed E-state index contributed by atoms with van der Waals surface area (Å²) >= 11 is 6.21. The van der Waals surface area contributed by atoms with Gasteiger partial charge >= 0.3 is 0 Å². The van der Waals surface area contributed by atoms with E-state index in [0.29, 0.717) is 34.0 Å². The molecule has 4 aromatic rings. The van der Waals surface area contributed by atoms with Gasteiger partial charge in [-0.15, -0.1) is 0 Å². The van der Waals surface area contributed by atoms with Crippen LogP contribution in [0.1, 0.15) is 16.8 Å². The topological polar surface area (TPSA) is 70.7 Å². The molecule has 0 bridgehead atoms. The molecule has 0 aliphatic carbocycles. The molecule has 0 amide bonds. The van der Waals surface area contributed by atoms with Crippen molar-refractivity contribution in [3.05, 3.63) is 96.8 Å². The number of fused-ring (bicyclic) bond motifs is 1. The maximum Gasteiger partial charge on any atom is 0.284 e. The van der Waals surface area contributed by atoms with E-state index in [4.69, 9.17) is 11.6 Å². The molecule has 0 atom stereocenters. The van der Waals surface area contributed by atoms with Crippen LogP contribution in [0.4, 0.5) is 4.39 Å². The number of benzene rings is 2. The number of hydrogen-bond acceptors (Lipinski definition) is 2. The fraction of sp³-hybridized carbons (Fsp3) is 0.100. The molecule has 27 heavy (non-hydrogen) atoms. The first-order chi connectivity index (χ1) is 13.0. The van der Waals surface area contributed by atoms with E-state index in [1.54, 1.807) is 13.0 Å². The number of halogens is 2. The molecule has 2 heterocycles. The molecule has 0 unspecified atom stereocenters. The summed E-state index contributed by atoms with van der Waals surface area (Å²) in [5.74, 6) is -0.406. The van der Waals surface area contributed by atoms with Crippen molar-refractivity contribution < 1.29 is 4.39 Å². The van der Waals surface area contributed by atoms with Gasteiger partial charge in [0.25, 0.3) is 5.56 Å². The minimum Gasteiger partial charge on any atom is -0.343 e. The molecule has 0 aliphatic rings. The highest BCUT2D eigenvalue weighted by atomic mass is 35.5. The summed E-state index contributed by atoms with van der Waals surface area (Å²) in [7, 11) is 0. The van der Waals surface area contributed by atoms with Crippen LogP contribution < -0.4 is 11.0 Å². The van der Waals surface area contributed by atoms with Gasteiger partial charge in [0.2, 0.25) is 0 Å². The van der Waals surface area contributed by atoms with Crippen LogP contribution in [0, 0.1) is 12.7 Å². The van der Waals surface area contributed by atoms with Crippen LogP contribution in [-0.2, 0) is 6.42 Å². The average Bonchev–Trinajstić information content (AvgIpc) is 2.97. The van der Waals surface area contributed by atoms with Gasteiger partial charge in [0.05, 0.1) is 5.69 Å². The Labute approximate surface area is 158 Å². The summed E-state index contributed by atoms with van der Waals surface area (Å²) in [5.41, 5.74) is 1.88. The molecule has 0 aliphatic heterocycles. The van der Waals surface area contributed by atoms with E-state index >= 15 is 0 Å². The number of rotatable bonds is 3. The van der Waals surface area contributed by atoms with E-state index in [-0.39, 0.29) is 10.8 Å². The summed E-state index contributed by atoms with van der Waals surface area (Å²) in [4.78, 5) is 28.9. The third kappa shape index (κ3) is 2.98. The van der Waals surface area contributed by atoms with E-state index in [2.05, 4.69) is 10.1 Å². The lowest BCUT2D eigenvalue weighted by Crippen LogP contribution is -2.21. The van der Waals surface area contributed by atoms with Gasteiger partial charge in [-0.3, -0.25) is 14.7 Å². The van der Waals surface area contributed by atoms with Crippen LogP contribution in [0.25, 0.3) is 16.7 Å². The van der Waals surface area contributed by atoms with Gasteiger partial charge in [0.15, 0.2) is 5.43 Å². The lowest BCUT2D eigenvalue weighted by Gasteiger charge is -2.07. The number of aryl methyl sites for hydroxylation is 1. The zero-order valence-electron chi connectivity index (χ0n) is 14.3. The average molecular weight is 384 g/mol. The number of aromatic amines is 2. The first-order valence-corrected chi connectivity index (χ1v) is 8.69. The third-order valence-corrected chi connectivity index (χ3v) is 4.94. The van der Waals surface area contributed by atoms with Gasteiger partial charge in [-0.05, 0) is 42.8 Å². The van der Waals surface area contributed by atoms with Crippen molar-refractivity contribution in [3.8, 4) is 5.69 Å². The molecule has 0 saturated carbocycles. The highest BCUT2D eigenvalue weighted by Crippen LogP contribution is 2.19. The Morgan fingerprint density at radius 3 is 2.48 bits per heavy atom. The molecular formula is C20H15ClFN3O2. The van der Waals surface area contributed by atoms with E-state index < -0.39 is 11.4 Å². The molecule has 0 radical (unpaired) electrons. The fourth-order valence-corrected chi connectivity index (χ4v) is 3.34. The van der Waals surface area contributed by atoms with Crippen molar-refractivity contribution in [2.24, 2.45) is 0 Å². The van der Waals surface area contributed by atoms with Crippen LogP contribution in [0.3, 0.4) is 0 Å². The Kier molecular flexibility index (Phi) is 4.20. The molecule has 4 rings (SSSR count). The van der Waals surface area contributed by atoms with E-state index in [1.165, 1.54) is 28.9 Å². The Bertz CT molecular complexity index is 1270. The second kappa shape index (κ2) is 6.55. The minimum absolute atomic E-state index is 0.0342. The smallest absolute Gasteiger partial charge is 0.284 e. The first kappa shape index (κ1) is 17.3. The van der Waals surface area contributed by atoms with Crippen LogP contribution in [0.5, 0.6) is 0 Å². The van der Waals surface area contributed by atoms with Crippen LogP contribution in [0.15, 0.2) is 58.1 Å². The molecule has 0 fully saturated rings. The lowest BCUT2D eigenvalue weighted by molar-refractivity contribution is 0.627. The third-order valence-electron chi connectivity index (χ3n) is 4.57. The normalized spacial score (nSPS) is 11.2. The number of aromatic nitrogens is 3. The SMILES string of the molecule is Cc1[nH]c2[nH]n(-c3ccc(F)cc3)c(=O)c2c(=O)c1Cc1ccccc1Cl. The largest absolute Gasteiger partial charge is 0.343 e. The van der Waals surface area contributed by atoms with Gasteiger partial charge in [-0.2, -0.15) is 0 Å². The molecular weight excluding hydrogens is 369 g/mol. The van der Waals surface area contributed by atoms with E-state index in [0.717, 1.165) is 5.56 Å². The Balaban J connectivity index is 1.90. The molecule has 5 nitrogen and oxygen atoms in total. The van der Waals surface area contributed by atoms with E-state index in [9.17, 15) is 14.0 Å². The van der Waals surface area contributed by atoms with Crippen molar-refractivity contribution in [3.63, 3.8) is 0 Å². The monoisotopic (exact) mass is 383 g/mol. The van der Waals surface area contributed by atoms with Crippen molar-refractivity contribution in [1.29, 1.82) is 0 Å². The van der Waals surface area contributed by atoms with Crippen molar-refractivity contribution in [2.75, 3.05) is 0 Å². The maximum absolute atomic E-state index is 13.2. The Morgan fingerprint density at radius 2 is 1.78 bits per heavy atom. The molecule has 0 saturated heterocycles. The minimum atomic E-state index is -0.488. The predicted molar refractivity (Wildman–Crippen MR) is 103 cm³/mol. The summed E-state index contributed by atoms with van der Waals surface area (Å²) in [6.45, 7) is 1.78. The number of H-pyrrole nitrogens is 2. The molecule has 0 spiro atoms. The molecule has 2 N–H and O–H groups in total. The first-order valence-electron chi connectivity index (χ1n) is 8.31. The number of hydrogen-bond donors (Lipinski definition) is 2. The van der Waals surface area contributed by atoms with Gasteiger partial charge in [-0.25, -0.2) is 9.07 Å². The molecule has 2 aromatic carbocycles. The number of nitrogens with zero attached hydrogens (tertiary/aromatic N) is 1. The number of pyridine rings is 1. The second-order valence-electron chi connectivity index (χ2n) is 6.30. The van der Waals surface area contributed by atoms with Crippen LogP contribution in [0.2, 0.25) is 5.02 Å². The highest BCUT2D eigenvalue weighted by Gasteiger charge is 2.18. The Hall–Kier alpha value is -3.12.